The first-order valence-electron chi connectivity index (χ1n) is 13.7. The van der Waals surface area contributed by atoms with E-state index in [2.05, 4.69) is 55.1 Å². The van der Waals surface area contributed by atoms with E-state index >= 15 is 0 Å². The molecule has 4 aromatic heterocycles. The Bertz CT molecular complexity index is 1650. The number of allylic oxidation sites excluding steroid dienone is 2. The van der Waals surface area contributed by atoms with Crippen LogP contribution in [0.5, 0.6) is 0 Å². The van der Waals surface area contributed by atoms with Gasteiger partial charge in [0.05, 0.1) is 36.0 Å². The van der Waals surface area contributed by atoms with E-state index in [0.29, 0.717) is 36.2 Å². The van der Waals surface area contributed by atoms with Crippen LogP contribution in [-0.2, 0) is 18.6 Å². The summed E-state index contributed by atoms with van der Waals surface area (Å²) in [4.78, 5) is 25.2. The largest absolute Gasteiger partial charge is 0.437 e. The molecule has 11 nitrogen and oxygen atoms in total. The van der Waals surface area contributed by atoms with Crippen LogP contribution in [0.25, 0.3) is 11.4 Å². The normalized spacial score (nSPS) is 29.0. The molecular weight excluding hydrogens is 513 g/mol. The van der Waals surface area contributed by atoms with E-state index in [4.69, 9.17) is 9.40 Å². The molecule has 0 radical (unpaired) electrons. The molecule has 0 saturated carbocycles. The fourth-order valence-electron chi connectivity index (χ4n) is 6.53. The minimum atomic E-state index is -1.01. The maximum Gasteiger partial charge on any atom is 0.437 e. The van der Waals surface area contributed by atoms with Gasteiger partial charge in [-0.25, -0.2) is 14.2 Å². The molecule has 0 amide bonds. The number of rotatable bonds is 6. The Kier molecular flexibility index (Phi) is 5.90. The molecular formula is C28H30FN9O2. The number of aromatic amines is 1. The van der Waals surface area contributed by atoms with E-state index in [1.54, 1.807) is 12.3 Å². The van der Waals surface area contributed by atoms with Crippen molar-refractivity contribution in [3.05, 3.63) is 94.9 Å². The van der Waals surface area contributed by atoms with Gasteiger partial charge in [0.15, 0.2) is 0 Å². The summed E-state index contributed by atoms with van der Waals surface area (Å²) in [7, 11) is 0. The van der Waals surface area contributed by atoms with Gasteiger partial charge in [-0.15, -0.1) is 5.10 Å². The number of fused-ring (bicyclic) bond motifs is 3. The zero-order valence-electron chi connectivity index (χ0n) is 22.2. The topological polar surface area (TPSA) is 131 Å². The van der Waals surface area contributed by atoms with Crippen LogP contribution < -0.4 is 16.4 Å². The van der Waals surface area contributed by atoms with E-state index in [1.165, 1.54) is 16.9 Å². The van der Waals surface area contributed by atoms with Crippen LogP contribution in [0.2, 0.25) is 0 Å². The summed E-state index contributed by atoms with van der Waals surface area (Å²) in [6.07, 6.45) is 16.1. The molecule has 2 saturated heterocycles. The van der Waals surface area contributed by atoms with Crippen molar-refractivity contribution in [1.29, 1.82) is 0 Å². The Hall–Kier alpha value is -4.16. The monoisotopic (exact) mass is 543 g/mol. The van der Waals surface area contributed by atoms with Crippen LogP contribution in [0, 0.1) is 17.7 Å². The highest BCUT2D eigenvalue weighted by molar-refractivity contribution is 5.53. The third-order valence-corrected chi connectivity index (χ3v) is 8.43. The van der Waals surface area contributed by atoms with Gasteiger partial charge in [-0.2, -0.15) is 9.78 Å². The first kappa shape index (κ1) is 24.9. The predicted molar refractivity (Wildman–Crippen MR) is 143 cm³/mol. The molecule has 0 spiro atoms. The van der Waals surface area contributed by atoms with Crippen molar-refractivity contribution in [3.63, 3.8) is 0 Å². The Balaban J connectivity index is 1.39. The van der Waals surface area contributed by atoms with Gasteiger partial charge in [0.2, 0.25) is 5.89 Å². The number of halogens is 1. The fourth-order valence-corrected chi connectivity index (χ4v) is 6.53. The summed E-state index contributed by atoms with van der Waals surface area (Å²) in [5, 5.41) is 16.9. The number of nitrogens with one attached hydrogen (secondary N) is 3. The average Bonchev–Trinajstić information content (AvgIpc) is 3.78. The van der Waals surface area contributed by atoms with Gasteiger partial charge in [0.1, 0.15) is 17.2 Å². The van der Waals surface area contributed by atoms with Gasteiger partial charge < -0.3 is 14.7 Å². The molecule has 3 N–H and O–H groups in total. The van der Waals surface area contributed by atoms with E-state index < -0.39 is 17.1 Å². The van der Waals surface area contributed by atoms with Crippen molar-refractivity contribution < 1.29 is 8.81 Å². The second-order valence-corrected chi connectivity index (χ2v) is 10.5. The Morgan fingerprint density at radius 1 is 1.12 bits per heavy atom. The lowest BCUT2D eigenvalue weighted by atomic mass is 9.68. The van der Waals surface area contributed by atoms with Crippen molar-refractivity contribution in [2.75, 3.05) is 0 Å². The standard InChI is InChI=1S/C28H30FN9O2/c1-3-37-15-16(12-32-37)28(26-36-38(4-2)27(39)40-26)24-19(18-7-5-6-8-20(18)33-24)11-22(35-28)25-31-14-23(34-25)21-10-9-17(29)13-30-21/h5-10,12-15,18-20,22,24,33,35H,3-4,11H2,1-2H3,(H,31,34)/t18?,19?,20?,22-,24?,28?/m1/s1. The molecule has 6 atom stereocenters. The van der Waals surface area contributed by atoms with Crippen LogP contribution in [0.15, 0.2) is 70.4 Å². The highest BCUT2D eigenvalue weighted by Crippen LogP contribution is 2.50. The summed E-state index contributed by atoms with van der Waals surface area (Å²) in [6.45, 7) is 4.97. The number of piperidine rings is 1. The van der Waals surface area contributed by atoms with Crippen molar-refractivity contribution in [1.82, 2.24) is 45.1 Å². The van der Waals surface area contributed by atoms with Crippen molar-refractivity contribution in [2.45, 2.75) is 57.0 Å². The molecule has 2 fully saturated rings. The summed E-state index contributed by atoms with van der Waals surface area (Å²) in [5.74, 6) is 0.485. The lowest BCUT2D eigenvalue weighted by Gasteiger charge is -2.47. The number of aromatic nitrogens is 7. The lowest BCUT2D eigenvalue weighted by molar-refractivity contribution is 0.113. The number of nitrogens with zero attached hydrogens (tertiary/aromatic N) is 6. The van der Waals surface area contributed by atoms with Crippen molar-refractivity contribution in [3.8, 4) is 11.4 Å². The first-order chi connectivity index (χ1) is 19.5. The molecule has 0 aromatic carbocycles. The molecule has 3 aliphatic rings. The maximum absolute atomic E-state index is 13.5. The molecule has 0 bridgehead atoms. The number of pyridine rings is 1. The average molecular weight is 544 g/mol. The van der Waals surface area contributed by atoms with Crippen LogP contribution >= 0.6 is 0 Å². The number of hydrogen-bond acceptors (Lipinski definition) is 8. The number of hydrogen-bond donors (Lipinski definition) is 3. The molecule has 7 rings (SSSR count). The molecule has 5 unspecified atom stereocenters. The van der Waals surface area contributed by atoms with Crippen molar-refractivity contribution in [2.24, 2.45) is 11.8 Å². The van der Waals surface area contributed by atoms with Gasteiger partial charge in [0, 0.05) is 42.9 Å². The lowest BCUT2D eigenvalue weighted by Crippen LogP contribution is -2.63. The van der Waals surface area contributed by atoms with Gasteiger partial charge in [0.25, 0.3) is 0 Å². The predicted octanol–water partition coefficient (Wildman–Crippen LogP) is 2.67. The second-order valence-electron chi connectivity index (χ2n) is 10.5. The third kappa shape index (κ3) is 3.81. The van der Waals surface area contributed by atoms with E-state index in [1.807, 2.05) is 30.9 Å². The number of H-pyrrole nitrogens is 1. The van der Waals surface area contributed by atoms with Gasteiger partial charge in [-0.05, 0) is 38.3 Å². The van der Waals surface area contributed by atoms with Crippen molar-refractivity contribution >= 4 is 0 Å². The van der Waals surface area contributed by atoms with Gasteiger partial charge >= 0.3 is 5.76 Å². The second kappa shape index (κ2) is 9.49. The van der Waals surface area contributed by atoms with Crippen LogP contribution in [-0.4, -0.2) is 46.6 Å². The molecule has 2 aliphatic heterocycles. The summed E-state index contributed by atoms with van der Waals surface area (Å²) >= 11 is 0. The minimum Gasteiger partial charge on any atom is -0.390 e. The third-order valence-electron chi connectivity index (χ3n) is 8.43. The Morgan fingerprint density at radius 2 is 2.00 bits per heavy atom. The van der Waals surface area contributed by atoms with E-state index in [9.17, 15) is 9.18 Å². The first-order valence-corrected chi connectivity index (χ1v) is 13.7. The maximum atomic E-state index is 13.5. The Labute approximate surface area is 229 Å². The van der Waals surface area contributed by atoms with Crippen LogP contribution in [0.3, 0.4) is 0 Å². The number of imidazole rings is 1. The minimum absolute atomic E-state index is 0.122. The summed E-state index contributed by atoms with van der Waals surface area (Å²) in [6, 6.07) is 2.71. The zero-order valence-corrected chi connectivity index (χ0v) is 22.2. The molecule has 1 aliphatic carbocycles. The molecule has 6 heterocycles. The van der Waals surface area contributed by atoms with Gasteiger partial charge in [-0.3, -0.25) is 15.0 Å². The van der Waals surface area contributed by atoms with E-state index in [0.717, 1.165) is 12.0 Å². The quantitative estimate of drug-likeness (QED) is 0.338. The highest BCUT2D eigenvalue weighted by Gasteiger charge is 2.60. The van der Waals surface area contributed by atoms with E-state index in [-0.39, 0.29) is 30.0 Å². The summed E-state index contributed by atoms with van der Waals surface area (Å²) in [5.41, 5.74) is 1.12. The molecule has 4 aromatic rings. The fraction of sp³-hybridized carbons (Fsp3) is 0.393. The summed E-state index contributed by atoms with van der Waals surface area (Å²) < 4.78 is 22.6. The molecule has 40 heavy (non-hydrogen) atoms. The zero-order chi connectivity index (χ0) is 27.4. The molecule has 206 valence electrons. The van der Waals surface area contributed by atoms with Crippen LogP contribution in [0.1, 0.15) is 43.6 Å². The smallest absolute Gasteiger partial charge is 0.390 e. The molecule has 12 heteroatoms. The van der Waals surface area contributed by atoms with Gasteiger partial charge in [-0.1, -0.05) is 24.3 Å². The SMILES string of the molecule is CCn1cc(C2(c3nn(CC)c(=O)o3)N[C@@H](c3ncc(-c4ccc(F)cn4)[nH]3)CC3C4C=CC=CC4NC32)cn1. The number of aryl methyl sites for hydroxylation is 2. The Morgan fingerprint density at radius 3 is 2.75 bits per heavy atom. The highest BCUT2D eigenvalue weighted by atomic mass is 19.1. The van der Waals surface area contributed by atoms with Crippen LogP contribution in [0.4, 0.5) is 4.39 Å².